The number of nitrogens with two attached hydrogens (primary N) is 1. The van der Waals surface area contributed by atoms with Crippen molar-refractivity contribution in [3.63, 3.8) is 0 Å². The van der Waals surface area contributed by atoms with Crippen molar-refractivity contribution in [2.75, 3.05) is 19.7 Å². The van der Waals surface area contributed by atoms with Crippen LogP contribution in [0.5, 0.6) is 0 Å². The standard InChI is InChI=1S/C34H46N6O7/c1-6-20(4)30(33(45)36-16-28(35)41)40-32(44)27(15-19(2)3)39-29(42)17-37-31(43)21(5)38-34(46)47-18-26-24-13-9-7-11-22(24)23-12-8-10-14-25(23)26/h7-14,19-21,26-27,30H,6,15-18H2,1-5H3,(H2,35,41)(H,36,45)(H,37,43)(H,38,46)(H,39,42)(H,40,44)/t20-,21-,27-,30-/m0/s1. The van der Waals surface area contributed by atoms with Crippen molar-refractivity contribution in [1.29, 1.82) is 0 Å². The lowest BCUT2D eigenvalue weighted by atomic mass is 9.96. The Hall–Kier alpha value is -4.94. The molecular weight excluding hydrogens is 604 g/mol. The largest absolute Gasteiger partial charge is 0.449 e. The monoisotopic (exact) mass is 650 g/mol. The second-order valence-electron chi connectivity index (χ2n) is 12.2. The average molecular weight is 651 g/mol. The van der Waals surface area contributed by atoms with Crippen molar-refractivity contribution < 1.29 is 33.5 Å². The van der Waals surface area contributed by atoms with Crippen molar-refractivity contribution in [2.45, 2.75) is 71.5 Å². The minimum Gasteiger partial charge on any atom is -0.449 e. The molecule has 0 spiro atoms. The maximum Gasteiger partial charge on any atom is 0.407 e. The summed E-state index contributed by atoms with van der Waals surface area (Å²) in [4.78, 5) is 75.0. The molecule has 6 amide bonds. The van der Waals surface area contributed by atoms with Gasteiger partial charge < -0.3 is 37.1 Å². The molecule has 1 aliphatic rings. The number of hydrogen-bond acceptors (Lipinski definition) is 7. The van der Waals surface area contributed by atoms with Crippen molar-refractivity contribution in [1.82, 2.24) is 26.6 Å². The van der Waals surface area contributed by atoms with Crippen LogP contribution in [0.1, 0.15) is 64.5 Å². The summed E-state index contributed by atoms with van der Waals surface area (Å²) in [5.74, 6) is -3.52. The molecule has 2 aromatic carbocycles. The third-order valence-electron chi connectivity index (χ3n) is 8.08. The van der Waals surface area contributed by atoms with Gasteiger partial charge in [0.25, 0.3) is 0 Å². The first-order valence-corrected chi connectivity index (χ1v) is 15.9. The van der Waals surface area contributed by atoms with Crippen LogP contribution in [0, 0.1) is 11.8 Å². The fourth-order valence-electron chi connectivity index (χ4n) is 5.39. The van der Waals surface area contributed by atoms with E-state index in [2.05, 4.69) is 26.6 Å². The van der Waals surface area contributed by atoms with Gasteiger partial charge in [-0.25, -0.2) is 4.79 Å². The Morgan fingerprint density at radius 1 is 0.766 bits per heavy atom. The molecule has 0 aliphatic heterocycles. The molecule has 13 nitrogen and oxygen atoms in total. The van der Waals surface area contributed by atoms with Crippen LogP contribution in [0.2, 0.25) is 0 Å². The molecule has 47 heavy (non-hydrogen) atoms. The lowest BCUT2D eigenvalue weighted by Gasteiger charge is -2.27. The van der Waals surface area contributed by atoms with Crippen molar-refractivity contribution in [3.8, 4) is 11.1 Å². The number of rotatable bonds is 16. The number of amides is 6. The number of hydrogen-bond donors (Lipinski definition) is 6. The summed E-state index contributed by atoms with van der Waals surface area (Å²) in [6.45, 7) is 8.09. The smallest absolute Gasteiger partial charge is 0.407 e. The van der Waals surface area contributed by atoms with Crippen molar-refractivity contribution >= 4 is 35.6 Å². The minimum atomic E-state index is -1.01. The molecule has 0 saturated carbocycles. The van der Waals surface area contributed by atoms with E-state index in [-0.39, 0.29) is 37.3 Å². The van der Waals surface area contributed by atoms with Crippen LogP contribution in [0.15, 0.2) is 48.5 Å². The predicted molar refractivity (Wildman–Crippen MR) is 176 cm³/mol. The summed E-state index contributed by atoms with van der Waals surface area (Å²) in [5, 5.41) is 12.7. The van der Waals surface area contributed by atoms with Crippen LogP contribution in [-0.2, 0) is 28.7 Å². The molecule has 0 bridgehead atoms. The maximum atomic E-state index is 13.2. The Kier molecular flexibility index (Phi) is 13.3. The first-order valence-electron chi connectivity index (χ1n) is 15.9. The third-order valence-corrected chi connectivity index (χ3v) is 8.08. The van der Waals surface area contributed by atoms with E-state index in [4.69, 9.17) is 10.5 Å². The van der Waals surface area contributed by atoms with E-state index in [0.717, 1.165) is 22.3 Å². The normalized spacial score (nSPS) is 14.4. The highest BCUT2D eigenvalue weighted by Gasteiger charge is 2.31. The third kappa shape index (κ3) is 10.3. The minimum absolute atomic E-state index is 0.00723. The van der Waals surface area contributed by atoms with Crippen LogP contribution in [-0.4, -0.2) is 73.5 Å². The van der Waals surface area contributed by atoms with Gasteiger partial charge in [0.15, 0.2) is 0 Å². The van der Waals surface area contributed by atoms with Gasteiger partial charge in [-0.15, -0.1) is 0 Å². The fourth-order valence-corrected chi connectivity index (χ4v) is 5.39. The molecular formula is C34H46N6O7. The number of primary amides is 1. The maximum absolute atomic E-state index is 13.2. The summed E-state index contributed by atoms with van der Waals surface area (Å²) in [5.41, 5.74) is 9.43. The Morgan fingerprint density at radius 2 is 1.34 bits per heavy atom. The molecule has 7 N–H and O–H groups in total. The Labute approximate surface area is 275 Å². The van der Waals surface area contributed by atoms with Gasteiger partial charge in [-0.1, -0.05) is 82.6 Å². The summed E-state index contributed by atoms with van der Waals surface area (Å²) in [7, 11) is 0. The van der Waals surface area contributed by atoms with E-state index in [0.29, 0.717) is 6.42 Å². The van der Waals surface area contributed by atoms with Crippen LogP contribution in [0.25, 0.3) is 11.1 Å². The molecule has 0 saturated heterocycles. The van der Waals surface area contributed by atoms with E-state index < -0.39 is 60.3 Å². The predicted octanol–water partition coefficient (Wildman–Crippen LogP) is 1.69. The molecule has 0 radical (unpaired) electrons. The number of carbonyl (C=O) groups excluding carboxylic acids is 6. The zero-order valence-corrected chi connectivity index (χ0v) is 27.6. The SMILES string of the molecule is CC[C@H](C)[C@H](NC(=O)[C@H](CC(C)C)NC(=O)CNC(=O)[C@H](C)NC(=O)OCC1c2ccccc2-c2ccccc21)C(=O)NCC(N)=O. The molecule has 4 atom stereocenters. The van der Waals surface area contributed by atoms with Crippen LogP contribution in [0.4, 0.5) is 4.79 Å². The van der Waals surface area contributed by atoms with Gasteiger partial charge in [-0.3, -0.25) is 24.0 Å². The molecule has 3 rings (SSSR count). The molecule has 0 fully saturated rings. The summed E-state index contributed by atoms with van der Waals surface area (Å²) >= 11 is 0. The fraction of sp³-hybridized carbons (Fsp3) is 0.471. The van der Waals surface area contributed by atoms with Crippen molar-refractivity contribution in [3.05, 3.63) is 59.7 Å². The summed E-state index contributed by atoms with van der Waals surface area (Å²) < 4.78 is 5.50. The van der Waals surface area contributed by atoms with E-state index in [9.17, 15) is 28.8 Å². The van der Waals surface area contributed by atoms with Crippen molar-refractivity contribution in [2.24, 2.45) is 17.6 Å². The van der Waals surface area contributed by atoms with Crippen LogP contribution in [0.3, 0.4) is 0 Å². The van der Waals surface area contributed by atoms with E-state index >= 15 is 0 Å². The van der Waals surface area contributed by atoms with Gasteiger partial charge >= 0.3 is 6.09 Å². The van der Waals surface area contributed by atoms with E-state index in [1.807, 2.05) is 69.3 Å². The number of fused-ring (bicyclic) bond motifs is 3. The highest BCUT2D eigenvalue weighted by molar-refractivity contribution is 5.94. The summed E-state index contributed by atoms with van der Waals surface area (Å²) in [6.07, 6.45) is 0.0506. The Bertz CT molecular complexity index is 1420. The van der Waals surface area contributed by atoms with Gasteiger partial charge in [0, 0.05) is 5.92 Å². The van der Waals surface area contributed by atoms with Gasteiger partial charge in [0.1, 0.15) is 24.7 Å². The molecule has 0 heterocycles. The molecule has 254 valence electrons. The number of carbonyl (C=O) groups is 6. The number of nitrogens with one attached hydrogen (secondary N) is 5. The first-order chi connectivity index (χ1) is 22.3. The van der Waals surface area contributed by atoms with Gasteiger partial charge in [-0.2, -0.15) is 0 Å². The number of ether oxygens (including phenoxy) is 1. The molecule has 0 aromatic heterocycles. The number of alkyl carbamates (subject to hydrolysis) is 1. The van der Waals surface area contributed by atoms with E-state index in [1.54, 1.807) is 6.92 Å². The number of benzene rings is 2. The topological polar surface area (TPSA) is 198 Å². The zero-order valence-electron chi connectivity index (χ0n) is 27.6. The highest BCUT2D eigenvalue weighted by Crippen LogP contribution is 2.44. The lowest BCUT2D eigenvalue weighted by molar-refractivity contribution is -0.134. The molecule has 0 unspecified atom stereocenters. The molecule has 1 aliphatic carbocycles. The van der Waals surface area contributed by atoms with Crippen LogP contribution < -0.4 is 32.3 Å². The Balaban J connectivity index is 1.50. The lowest BCUT2D eigenvalue weighted by Crippen LogP contribution is -2.57. The zero-order chi connectivity index (χ0) is 34.7. The molecule has 2 aromatic rings. The second-order valence-corrected chi connectivity index (χ2v) is 12.2. The molecule has 13 heteroatoms. The average Bonchev–Trinajstić information content (AvgIpc) is 3.36. The van der Waals surface area contributed by atoms with Crippen LogP contribution >= 0.6 is 0 Å². The van der Waals surface area contributed by atoms with Gasteiger partial charge in [-0.05, 0) is 47.4 Å². The van der Waals surface area contributed by atoms with Gasteiger partial charge in [0.05, 0.1) is 13.1 Å². The highest BCUT2D eigenvalue weighted by atomic mass is 16.5. The quantitative estimate of drug-likeness (QED) is 0.159. The Morgan fingerprint density at radius 3 is 1.89 bits per heavy atom. The first kappa shape index (κ1) is 36.5. The summed E-state index contributed by atoms with van der Waals surface area (Å²) in [6, 6.07) is 12.9. The second kappa shape index (κ2) is 17.1. The van der Waals surface area contributed by atoms with Gasteiger partial charge in [0.2, 0.25) is 29.5 Å². The van der Waals surface area contributed by atoms with E-state index in [1.165, 1.54) is 6.92 Å².